The van der Waals surface area contributed by atoms with Gasteiger partial charge in [0.05, 0.1) is 0 Å². The molecule has 0 saturated heterocycles. The van der Waals surface area contributed by atoms with Gasteiger partial charge in [-0.05, 0) is 67.7 Å². The zero-order valence-corrected chi connectivity index (χ0v) is 15.5. The summed E-state index contributed by atoms with van der Waals surface area (Å²) in [5, 5.41) is 3.82. The van der Waals surface area contributed by atoms with Crippen LogP contribution in [-0.4, -0.2) is 6.54 Å². The topological polar surface area (TPSA) is 12.0 Å². The first kappa shape index (κ1) is 17.0. The summed E-state index contributed by atoms with van der Waals surface area (Å²) in [6.45, 7) is 10.4. The van der Waals surface area contributed by atoms with Gasteiger partial charge >= 0.3 is 0 Å². The predicted octanol–water partition coefficient (Wildman–Crippen LogP) is 5.87. The summed E-state index contributed by atoms with van der Waals surface area (Å²) < 4.78 is 1.21. The quantitative estimate of drug-likeness (QED) is 0.699. The highest BCUT2D eigenvalue weighted by Gasteiger charge is 2.30. The van der Waals surface area contributed by atoms with Crippen molar-refractivity contribution in [2.45, 2.75) is 59.4 Å². The molecule has 4 unspecified atom stereocenters. The van der Waals surface area contributed by atoms with Crippen molar-refractivity contribution in [2.24, 2.45) is 17.8 Å². The van der Waals surface area contributed by atoms with Crippen LogP contribution in [0.15, 0.2) is 22.7 Å². The second-order valence-electron chi connectivity index (χ2n) is 6.97. The Kier molecular flexibility index (Phi) is 6.31. The molecule has 0 radical (unpaired) electrons. The lowest BCUT2D eigenvalue weighted by Gasteiger charge is -2.37. The SMILES string of the molecule is CCCNC(c1ccc(Br)c(C)c1)C1CCC(C)C(C)C1. The van der Waals surface area contributed by atoms with Gasteiger partial charge in [-0.3, -0.25) is 0 Å². The zero-order chi connectivity index (χ0) is 15.4. The molecule has 0 bridgehead atoms. The number of hydrogen-bond acceptors (Lipinski definition) is 1. The summed E-state index contributed by atoms with van der Waals surface area (Å²) in [6.07, 6.45) is 5.30. The van der Waals surface area contributed by atoms with Crippen molar-refractivity contribution in [1.29, 1.82) is 0 Å². The van der Waals surface area contributed by atoms with Gasteiger partial charge in [0.1, 0.15) is 0 Å². The highest BCUT2D eigenvalue weighted by atomic mass is 79.9. The molecule has 1 fully saturated rings. The van der Waals surface area contributed by atoms with Crippen LogP contribution in [0.3, 0.4) is 0 Å². The van der Waals surface area contributed by atoms with Gasteiger partial charge in [-0.1, -0.05) is 55.3 Å². The van der Waals surface area contributed by atoms with E-state index in [1.54, 1.807) is 0 Å². The molecule has 0 amide bonds. The van der Waals surface area contributed by atoms with Crippen LogP contribution in [0, 0.1) is 24.7 Å². The first-order chi connectivity index (χ1) is 10.0. The maximum absolute atomic E-state index is 3.82. The molecule has 1 aromatic rings. The van der Waals surface area contributed by atoms with E-state index < -0.39 is 0 Å². The van der Waals surface area contributed by atoms with Gasteiger partial charge < -0.3 is 5.32 Å². The fourth-order valence-corrected chi connectivity index (χ4v) is 3.86. The number of halogens is 1. The van der Waals surface area contributed by atoms with Crippen LogP contribution in [0.4, 0.5) is 0 Å². The largest absolute Gasteiger partial charge is 0.310 e. The molecule has 0 spiro atoms. The van der Waals surface area contributed by atoms with Crippen LogP contribution in [0.5, 0.6) is 0 Å². The van der Waals surface area contributed by atoms with E-state index in [0.29, 0.717) is 6.04 Å². The first-order valence-electron chi connectivity index (χ1n) is 8.52. The Morgan fingerprint density at radius 1 is 1.24 bits per heavy atom. The summed E-state index contributed by atoms with van der Waals surface area (Å²) in [5.41, 5.74) is 2.81. The van der Waals surface area contributed by atoms with Crippen molar-refractivity contribution in [3.05, 3.63) is 33.8 Å². The molecule has 1 aromatic carbocycles. The number of rotatable bonds is 5. The molecule has 2 rings (SSSR count). The van der Waals surface area contributed by atoms with Crippen molar-refractivity contribution in [3.63, 3.8) is 0 Å². The van der Waals surface area contributed by atoms with Crippen LogP contribution in [0.25, 0.3) is 0 Å². The summed E-state index contributed by atoms with van der Waals surface area (Å²) in [7, 11) is 0. The van der Waals surface area contributed by atoms with Gasteiger partial charge in [0.25, 0.3) is 0 Å². The molecule has 1 N–H and O–H groups in total. The lowest BCUT2D eigenvalue weighted by Crippen LogP contribution is -2.33. The van der Waals surface area contributed by atoms with Crippen molar-refractivity contribution in [1.82, 2.24) is 5.32 Å². The number of benzene rings is 1. The Morgan fingerprint density at radius 3 is 2.62 bits per heavy atom. The van der Waals surface area contributed by atoms with Crippen LogP contribution < -0.4 is 5.32 Å². The highest BCUT2D eigenvalue weighted by molar-refractivity contribution is 9.10. The Balaban J connectivity index is 2.19. The van der Waals surface area contributed by atoms with Crippen molar-refractivity contribution in [2.75, 3.05) is 6.54 Å². The van der Waals surface area contributed by atoms with Crippen LogP contribution >= 0.6 is 15.9 Å². The second-order valence-corrected chi connectivity index (χ2v) is 7.82. The van der Waals surface area contributed by atoms with Gasteiger partial charge in [-0.25, -0.2) is 0 Å². The Morgan fingerprint density at radius 2 is 2.00 bits per heavy atom. The van der Waals surface area contributed by atoms with E-state index >= 15 is 0 Å². The molecule has 1 aliphatic rings. The molecule has 118 valence electrons. The molecule has 1 aliphatic carbocycles. The summed E-state index contributed by atoms with van der Waals surface area (Å²) in [6, 6.07) is 7.39. The third kappa shape index (κ3) is 4.32. The lowest BCUT2D eigenvalue weighted by atomic mass is 9.72. The fraction of sp³-hybridized carbons (Fsp3) is 0.684. The maximum Gasteiger partial charge on any atom is 0.0348 e. The van der Waals surface area contributed by atoms with Crippen LogP contribution in [-0.2, 0) is 0 Å². The predicted molar refractivity (Wildman–Crippen MR) is 95.6 cm³/mol. The molecule has 0 heterocycles. The normalized spacial score (nSPS) is 27.6. The number of nitrogens with one attached hydrogen (secondary N) is 1. The van der Waals surface area contributed by atoms with Crippen molar-refractivity contribution in [3.8, 4) is 0 Å². The minimum atomic E-state index is 0.520. The van der Waals surface area contributed by atoms with E-state index in [9.17, 15) is 0 Å². The van der Waals surface area contributed by atoms with E-state index in [0.717, 1.165) is 24.3 Å². The molecule has 1 saturated carbocycles. The molecule has 0 aliphatic heterocycles. The van der Waals surface area contributed by atoms with E-state index in [-0.39, 0.29) is 0 Å². The van der Waals surface area contributed by atoms with Crippen LogP contribution in [0.2, 0.25) is 0 Å². The fourth-order valence-electron chi connectivity index (χ4n) is 3.61. The first-order valence-corrected chi connectivity index (χ1v) is 9.31. The van der Waals surface area contributed by atoms with Gasteiger partial charge in [-0.15, -0.1) is 0 Å². The van der Waals surface area contributed by atoms with E-state index in [4.69, 9.17) is 0 Å². The monoisotopic (exact) mass is 351 g/mol. The third-order valence-electron chi connectivity index (χ3n) is 5.27. The highest BCUT2D eigenvalue weighted by Crippen LogP contribution is 2.40. The number of hydrogen-bond donors (Lipinski definition) is 1. The Bertz CT molecular complexity index is 457. The smallest absolute Gasteiger partial charge is 0.0348 e. The molecular weight excluding hydrogens is 322 g/mol. The van der Waals surface area contributed by atoms with Gasteiger partial charge in [0.15, 0.2) is 0 Å². The van der Waals surface area contributed by atoms with E-state index in [1.807, 2.05) is 0 Å². The van der Waals surface area contributed by atoms with Crippen LogP contribution in [0.1, 0.15) is 63.6 Å². The Labute approximate surface area is 139 Å². The van der Waals surface area contributed by atoms with Gasteiger partial charge in [0, 0.05) is 10.5 Å². The zero-order valence-electron chi connectivity index (χ0n) is 14.0. The summed E-state index contributed by atoms with van der Waals surface area (Å²) >= 11 is 3.62. The minimum Gasteiger partial charge on any atom is -0.310 e. The Hall–Kier alpha value is -0.340. The molecule has 0 aromatic heterocycles. The molecular formula is C19H30BrN. The minimum absolute atomic E-state index is 0.520. The van der Waals surface area contributed by atoms with Crippen molar-refractivity contribution < 1.29 is 0 Å². The standard InChI is InChI=1S/C19H30BrN/c1-5-10-21-19(16-7-6-13(2)14(3)11-16)17-8-9-18(20)15(4)12-17/h8-9,12-14,16,19,21H,5-7,10-11H2,1-4H3. The van der Waals surface area contributed by atoms with E-state index in [2.05, 4.69) is 67.1 Å². The van der Waals surface area contributed by atoms with Gasteiger partial charge in [0.2, 0.25) is 0 Å². The van der Waals surface area contributed by atoms with E-state index in [1.165, 1.54) is 41.3 Å². The summed E-state index contributed by atoms with van der Waals surface area (Å²) in [4.78, 5) is 0. The maximum atomic E-state index is 3.82. The molecule has 1 nitrogen and oxygen atoms in total. The summed E-state index contributed by atoms with van der Waals surface area (Å²) in [5.74, 6) is 2.52. The lowest BCUT2D eigenvalue weighted by molar-refractivity contribution is 0.171. The molecule has 4 atom stereocenters. The average molecular weight is 352 g/mol. The third-order valence-corrected chi connectivity index (χ3v) is 6.16. The average Bonchev–Trinajstić information content (AvgIpc) is 2.46. The van der Waals surface area contributed by atoms with Crippen molar-refractivity contribution >= 4 is 15.9 Å². The number of aryl methyl sites for hydroxylation is 1. The molecule has 21 heavy (non-hydrogen) atoms. The second kappa shape index (κ2) is 7.78. The molecule has 2 heteroatoms. The van der Waals surface area contributed by atoms with Gasteiger partial charge in [-0.2, -0.15) is 0 Å².